The van der Waals surface area contributed by atoms with Gasteiger partial charge in [0, 0.05) is 43.7 Å². The third-order valence-corrected chi connectivity index (χ3v) is 5.93. The first-order valence-corrected chi connectivity index (χ1v) is 10.7. The third-order valence-electron chi connectivity index (χ3n) is 5.93. The lowest BCUT2D eigenvalue weighted by Gasteiger charge is -2.32. The lowest BCUT2D eigenvalue weighted by Crippen LogP contribution is -2.47. The van der Waals surface area contributed by atoms with Crippen molar-refractivity contribution in [2.24, 2.45) is 0 Å². The zero-order valence-corrected chi connectivity index (χ0v) is 18.1. The standard InChI is InChI=1S/C22H29N5O4/c1-26-9-11-27(12-10-26)21(28)15-7-8-20(30-2)17(13-15)24-22(29)23-14-18-16-5-3-4-6-19(16)31-25-18/h7-8,13H,3-6,9-12,14H2,1-2H3,(H2,23,24,29). The van der Waals surface area contributed by atoms with Gasteiger partial charge in [-0.2, -0.15) is 0 Å². The number of urea groups is 1. The normalized spacial score (nSPS) is 16.5. The van der Waals surface area contributed by atoms with E-state index in [1.165, 1.54) is 7.11 Å². The Morgan fingerprint density at radius 2 is 1.94 bits per heavy atom. The summed E-state index contributed by atoms with van der Waals surface area (Å²) in [4.78, 5) is 29.4. The van der Waals surface area contributed by atoms with E-state index in [9.17, 15) is 9.59 Å². The van der Waals surface area contributed by atoms with Crippen molar-refractivity contribution >= 4 is 17.6 Å². The van der Waals surface area contributed by atoms with E-state index in [4.69, 9.17) is 9.26 Å². The van der Waals surface area contributed by atoms with E-state index < -0.39 is 6.03 Å². The summed E-state index contributed by atoms with van der Waals surface area (Å²) >= 11 is 0. The first-order chi connectivity index (χ1) is 15.0. The van der Waals surface area contributed by atoms with Gasteiger partial charge < -0.3 is 29.7 Å². The van der Waals surface area contributed by atoms with Crippen LogP contribution in [0.5, 0.6) is 5.75 Å². The number of rotatable bonds is 5. The fourth-order valence-corrected chi connectivity index (χ4v) is 4.05. The quantitative estimate of drug-likeness (QED) is 0.759. The Bertz CT molecular complexity index is 949. The van der Waals surface area contributed by atoms with E-state index in [2.05, 4.69) is 20.7 Å². The van der Waals surface area contributed by atoms with Crippen LogP contribution in [0.2, 0.25) is 0 Å². The summed E-state index contributed by atoms with van der Waals surface area (Å²) in [6.07, 6.45) is 4.05. The van der Waals surface area contributed by atoms with Crippen LogP contribution in [0.1, 0.15) is 40.2 Å². The van der Waals surface area contributed by atoms with Crippen molar-refractivity contribution in [1.29, 1.82) is 0 Å². The molecule has 1 aliphatic heterocycles. The van der Waals surface area contributed by atoms with E-state index in [-0.39, 0.29) is 12.5 Å². The summed E-state index contributed by atoms with van der Waals surface area (Å²) in [5.41, 5.74) is 2.85. The fourth-order valence-electron chi connectivity index (χ4n) is 4.05. The van der Waals surface area contributed by atoms with Gasteiger partial charge >= 0.3 is 6.03 Å². The highest BCUT2D eigenvalue weighted by Crippen LogP contribution is 2.27. The molecule has 4 rings (SSSR count). The van der Waals surface area contributed by atoms with E-state index in [1.807, 2.05) is 11.9 Å². The number of hydrogen-bond acceptors (Lipinski definition) is 6. The first-order valence-electron chi connectivity index (χ1n) is 10.7. The monoisotopic (exact) mass is 427 g/mol. The third kappa shape index (κ3) is 4.82. The summed E-state index contributed by atoms with van der Waals surface area (Å²) in [7, 11) is 3.58. The molecule has 0 saturated carbocycles. The summed E-state index contributed by atoms with van der Waals surface area (Å²) in [5, 5.41) is 9.73. The van der Waals surface area contributed by atoms with E-state index in [0.717, 1.165) is 55.8 Å². The average molecular weight is 428 g/mol. The minimum absolute atomic E-state index is 0.0477. The molecule has 9 heteroatoms. The van der Waals surface area contributed by atoms with Crippen LogP contribution in [-0.4, -0.2) is 67.2 Å². The number of carbonyl (C=O) groups is 2. The number of nitrogens with zero attached hydrogens (tertiary/aromatic N) is 3. The Labute approximate surface area is 181 Å². The molecule has 0 bridgehead atoms. The summed E-state index contributed by atoms with van der Waals surface area (Å²) in [5.74, 6) is 1.37. The van der Waals surface area contributed by atoms with Crippen LogP contribution in [0, 0.1) is 0 Å². The Balaban J connectivity index is 1.41. The Kier molecular flexibility index (Phi) is 6.41. The van der Waals surface area contributed by atoms with Crippen LogP contribution in [0.25, 0.3) is 0 Å². The van der Waals surface area contributed by atoms with Gasteiger partial charge in [0.2, 0.25) is 0 Å². The molecule has 0 atom stereocenters. The highest BCUT2D eigenvalue weighted by Gasteiger charge is 2.22. The molecule has 0 radical (unpaired) electrons. The molecule has 1 aromatic heterocycles. The number of methoxy groups -OCH3 is 1. The van der Waals surface area contributed by atoms with E-state index >= 15 is 0 Å². The molecule has 1 aliphatic carbocycles. The molecule has 1 aromatic carbocycles. The Morgan fingerprint density at radius 3 is 2.71 bits per heavy atom. The molecule has 1 fully saturated rings. The van der Waals surface area contributed by atoms with Crippen molar-refractivity contribution in [1.82, 2.24) is 20.3 Å². The molecule has 2 aliphatic rings. The Morgan fingerprint density at radius 1 is 1.16 bits per heavy atom. The highest BCUT2D eigenvalue weighted by molar-refractivity contribution is 5.98. The van der Waals surface area contributed by atoms with Gasteiger partial charge in [-0.15, -0.1) is 0 Å². The topological polar surface area (TPSA) is 99.9 Å². The molecule has 2 aromatic rings. The summed E-state index contributed by atoms with van der Waals surface area (Å²) in [6, 6.07) is 4.70. The fraction of sp³-hybridized carbons (Fsp3) is 0.500. The second kappa shape index (κ2) is 9.38. The van der Waals surface area contributed by atoms with Crippen molar-refractivity contribution in [3.63, 3.8) is 0 Å². The van der Waals surface area contributed by atoms with E-state index in [1.54, 1.807) is 18.2 Å². The molecular weight excluding hydrogens is 398 g/mol. The molecule has 0 spiro atoms. The van der Waals surface area contributed by atoms with Crippen molar-refractivity contribution in [3.05, 3.63) is 40.8 Å². The molecule has 31 heavy (non-hydrogen) atoms. The number of amides is 3. The Hall–Kier alpha value is -3.07. The number of fused-ring (bicyclic) bond motifs is 1. The molecule has 1 saturated heterocycles. The predicted molar refractivity (Wildman–Crippen MR) is 115 cm³/mol. The minimum Gasteiger partial charge on any atom is -0.495 e. The van der Waals surface area contributed by atoms with Crippen molar-refractivity contribution < 1.29 is 18.8 Å². The van der Waals surface area contributed by atoms with Crippen LogP contribution in [0.15, 0.2) is 22.7 Å². The lowest BCUT2D eigenvalue weighted by molar-refractivity contribution is 0.0664. The molecule has 2 N–H and O–H groups in total. The van der Waals surface area contributed by atoms with Gasteiger partial charge in [-0.05, 0) is 44.5 Å². The maximum atomic E-state index is 12.9. The van der Waals surface area contributed by atoms with Crippen molar-refractivity contribution in [3.8, 4) is 5.75 Å². The van der Waals surface area contributed by atoms with Crippen LogP contribution in [0.3, 0.4) is 0 Å². The molecular formula is C22H29N5O4. The van der Waals surface area contributed by atoms with Crippen molar-refractivity contribution in [2.45, 2.75) is 32.2 Å². The number of nitrogens with one attached hydrogen (secondary N) is 2. The second-order valence-corrected chi connectivity index (χ2v) is 8.06. The lowest BCUT2D eigenvalue weighted by atomic mass is 9.96. The molecule has 3 amide bonds. The SMILES string of the molecule is COc1ccc(C(=O)N2CCN(C)CC2)cc1NC(=O)NCc1noc2c1CCCC2. The van der Waals surface area contributed by atoms with Gasteiger partial charge in [-0.1, -0.05) is 5.16 Å². The molecule has 9 nitrogen and oxygen atoms in total. The number of benzene rings is 1. The van der Waals surface area contributed by atoms with E-state index in [0.29, 0.717) is 30.1 Å². The van der Waals surface area contributed by atoms with Crippen LogP contribution >= 0.6 is 0 Å². The number of aromatic nitrogens is 1. The number of likely N-dealkylation sites (N-methyl/N-ethyl adjacent to an activating group) is 1. The minimum atomic E-state index is -0.393. The second-order valence-electron chi connectivity index (χ2n) is 8.06. The largest absolute Gasteiger partial charge is 0.495 e. The average Bonchev–Trinajstić information content (AvgIpc) is 3.21. The molecule has 0 unspecified atom stereocenters. The van der Waals surface area contributed by atoms with Gasteiger partial charge in [-0.3, -0.25) is 4.79 Å². The number of ether oxygens (including phenoxy) is 1. The zero-order chi connectivity index (χ0) is 21.8. The van der Waals surface area contributed by atoms with Gasteiger partial charge in [0.1, 0.15) is 17.2 Å². The predicted octanol–water partition coefficient (Wildman–Crippen LogP) is 2.27. The highest BCUT2D eigenvalue weighted by atomic mass is 16.5. The van der Waals surface area contributed by atoms with Gasteiger partial charge in [0.15, 0.2) is 0 Å². The number of hydrogen-bond donors (Lipinski definition) is 2. The number of piperazine rings is 1. The smallest absolute Gasteiger partial charge is 0.319 e. The van der Waals surface area contributed by atoms with Crippen LogP contribution in [0.4, 0.5) is 10.5 Å². The first kappa shape index (κ1) is 21.2. The number of carbonyl (C=O) groups excluding carboxylic acids is 2. The van der Waals surface area contributed by atoms with Crippen LogP contribution in [-0.2, 0) is 19.4 Å². The van der Waals surface area contributed by atoms with Gasteiger partial charge in [-0.25, -0.2) is 4.79 Å². The molecule has 2 heterocycles. The maximum absolute atomic E-state index is 12.9. The number of anilines is 1. The van der Waals surface area contributed by atoms with Gasteiger partial charge in [0.25, 0.3) is 5.91 Å². The van der Waals surface area contributed by atoms with Gasteiger partial charge in [0.05, 0.1) is 19.3 Å². The summed E-state index contributed by atoms with van der Waals surface area (Å²) in [6.45, 7) is 3.36. The number of aryl methyl sites for hydroxylation is 1. The van der Waals surface area contributed by atoms with Crippen molar-refractivity contribution in [2.75, 3.05) is 45.7 Å². The molecule has 166 valence electrons. The maximum Gasteiger partial charge on any atom is 0.319 e. The zero-order valence-electron chi connectivity index (χ0n) is 18.1. The van der Waals surface area contributed by atoms with Crippen LogP contribution < -0.4 is 15.4 Å². The summed E-state index contributed by atoms with van der Waals surface area (Å²) < 4.78 is 10.8.